The Balaban J connectivity index is 0.000000180. The Kier molecular flexibility index (Phi) is 6.12. The lowest BCUT2D eigenvalue weighted by Crippen LogP contribution is -2.03. The van der Waals surface area contributed by atoms with Crippen molar-refractivity contribution >= 4 is 0 Å². The summed E-state index contributed by atoms with van der Waals surface area (Å²) in [7, 11) is 0. The molecule has 2 rings (SSSR count). The number of benzene rings is 2. The molecule has 0 spiro atoms. The highest BCUT2D eigenvalue weighted by Crippen LogP contribution is 2.07. The van der Waals surface area contributed by atoms with Crippen LogP contribution in [0.2, 0.25) is 0 Å². The van der Waals surface area contributed by atoms with Crippen LogP contribution in [0.25, 0.3) is 0 Å². The van der Waals surface area contributed by atoms with Crippen molar-refractivity contribution in [2.45, 2.75) is 25.9 Å². The van der Waals surface area contributed by atoms with Gasteiger partial charge in [0.1, 0.15) is 0 Å². The van der Waals surface area contributed by atoms with Gasteiger partial charge in [0.15, 0.2) is 0 Å². The zero-order chi connectivity index (χ0) is 13.4. The van der Waals surface area contributed by atoms with E-state index in [1.165, 1.54) is 11.1 Å². The van der Waals surface area contributed by atoms with Crippen LogP contribution < -0.4 is 11.5 Å². The number of rotatable bonds is 2. The molecule has 96 valence electrons. The normalized spacial score (nSPS) is 13.1. The van der Waals surface area contributed by atoms with Crippen molar-refractivity contribution in [1.82, 2.24) is 0 Å². The monoisotopic (exact) mass is 242 g/mol. The van der Waals surface area contributed by atoms with E-state index in [2.05, 4.69) is 0 Å². The van der Waals surface area contributed by atoms with Gasteiger partial charge in [-0.05, 0) is 25.0 Å². The van der Waals surface area contributed by atoms with E-state index in [4.69, 9.17) is 11.5 Å². The predicted octanol–water partition coefficient (Wildman–Crippen LogP) is 3.41. The SMILES string of the molecule is CC(N)c1ccccc1.CC(N)c1ccccc1. The lowest BCUT2D eigenvalue weighted by molar-refractivity contribution is 0.818. The molecule has 0 fully saturated rings. The lowest BCUT2D eigenvalue weighted by Gasteiger charge is -2.02. The molecule has 0 aliphatic heterocycles. The van der Waals surface area contributed by atoms with Crippen molar-refractivity contribution < 1.29 is 0 Å². The van der Waals surface area contributed by atoms with Crippen molar-refractivity contribution in [3.63, 3.8) is 0 Å². The first-order chi connectivity index (χ1) is 8.61. The molecule has 0 saturated heterocycles. The van der Waals surface area contributed by atoms with Crippen LogP contribution in [-0.2, 0) is 0 Å². The van der Waals surface area contributed by atoms with Gasteiger partial charge in [-0.1, -0.05) is 60.7 Å². The molecule has 0 amide bonds. The van der Waals surface area contributed by atoms with Gasteiger partial charge in [-0.15, -0.1) is 0 Å². The first-order valence-electron chi connectivity index (χ1n) is 6.22. The summed E-state index contributed by atoms with van der Waals surface area (Å²) in [4.78, 5) is 0. The Morgan fingerprint density at radius 1 is 0.611 bits per heavy atom. The van der Waals surface area contributed by atoms with Gasteiger partial charge in [-0.3, -0.25) is 0 Å². The second kappa shape index (κ2) is 7.64. The van der Waals surface area contributed by atoms with Crippen molar-refractivity contribution in [3.05, 3.63) is 71.8 Å². The summed E-state index contributed by atoms with van der Waals surface area (Å²) in [5.74, 6) is 0. The summed E-state index contributed by atoms with van der Waals surface area (Å²) >= 11 is 0. The van der Waals surface area contributed by atoms with E-state index >= 15 is 0 Å². The van der Waals surface area contributed by atoms with Crippen LogP contribution in [0, 0.1) is 0 Å². The van der Waals surface area contributed by atoms with Gasteiger partial charge >= 0.3 is 0 Å². The minimum absolute atomic E-state index is 0.159. The molecule has 4 N–H and O–H groups in total. The maximum Gasteiger partial charge on any atom is 0.0266 e. The number of nitrogens with two attached hydrogens (primary N) is 2. The molecular weight excluding hydrogens is 220 g/mol. The number of hydrogen-bond acceptors (Lipinski definition) is 2. The fourth-order valence-corrected chi connectivity index (χ4v) is 1.51. The summed E-state index contributed by atoms with van der Waals surface area (Å²) in [6.45, 7) is 3.96. The highest BCUT2D eigenvalue weighted by molar-refractivity contribution is 5.17. The van der Waals surface area contributed by atoms with E-state index in [0.29, 0.717) is 0 Å². The molecule has 0 aliphatic carbocycles. The van der Waals surface area contributed by atoms with Crippen molar-refractivity contribution in [2.24, 2.45) is 11.5 Å². The summed E-state index contributed by atoms with van der Waals surface area (Å²) in [6.07, 6.45) is 0. The summed E-state index contributed by atoms with van der Waals surface area (Å²) in [5.41, 5.74) is 13.6. The van der Waals surface area contributed by atoms with Gasteiger partial charge in [0.05, 0.1) is 0 Å². The smallest absolute Gasteiger partial charge is 0.0266 e. The van der Waals surface area contributed by atoms with Crippen molar-refractivity contribution in [1.29, 1.82) is 0 Å². The maximum absolute atomic E-state index is 5.61. The van der Waals surface area contributed by atoms with Crippen LogP contribution in [0.4, 0.5) is 0 Å². The standard InChI is InChI=1S/2C8H11N/c2*1-7(9)8-5-3-2-4-6-8/h2*2-7H,9H2,1H3. The van der Waals surface area contributed by atoms with Crippen molar-refractivity contribution in [3.8, 4) is 0 Å². The minimum atomic E-state index is 0.159. The van der Waals surface area contributed by atoms with Crippen molar-refractivity contribution in [2.75, 3.05) is 0 Å². The third-order valence-electron chi connectivity index (χ3n) is 2.65. The Bertz CT molecular complexity index is 378. The summed E-state index contributed by atoms with van der Waals surface area (Å²) in [5, 5.41) is 0. The number of hydrogen-bond donors (Lipinski definition) is 2. The average Bonchev–Trinajstić information content (AvgIpc) is 2.41. The van der Waals surface area contributed by atoms with E-state index in [9.17, 15) is 0 Å². The predicted molar refractivity (Wildman–Crippen MR) is 78.1 cm³/mol. The Labute approximate surface area is 110 Å². The van der Waals surface area contributed by atoms with E-state index < -0.39 is 0 Å². The third-order valence-corrected chi connectivity index (χ3v) is 2.65. The highest BCUT2D eigenvalue weighted by atomic mass is 14.6. The van der Waals surface area contributed by atoms with Crippen LogP contribution in [0.5, 0.6) is 0 Å². The van der Waals surface area contributed by atoms with Gasteiger partial charge < -0.3 is 11.5 Å². The van der Waals surface area contributed by atoms with E-state index in [1.807, 2.05) is 74.5 Å². The molecule has 2 heteroatoms. The minimum Gasteiger partial charge on any atom is -0.324 e. The average molecular weight is 242 g/mol. The van der Waals surface area contributed by atoms with Crippen LogP contribution >= 0.6 is 0 Å². The van der Waals surface area contributed by atoms with E-state index in [0.717, 1.165) is 0 Å². The molecule has 0 aromatic heterocycles. The Morgan fingerprint density at radius 3 is 1.06 bits per heavy atom. The molecule has 2 atom stereocenters. The molecule has 0 saturated carbocycles. The zero-order valence-electron chi connectivity index (χ0n) is 11.1. The molecule has 0 heterocycles. The Morgan fingerprint density at radius 2 is 0.889 bits per heavy atom. The van der Waals surface area contributed by atoms with Gasteiger partial charge in [0, 0.05) is 12.1 Å². The molecular formula is C16H22N2. The molecule has 18 heavy (non-hydrogen) atoms. The summed E-state index contributed by atoms with van der Waals surface area (Å²) in [6, 6.07) is 20.4. The maximum atomic E-state index is 5.61. The molecule has 2 aromatic rings. The third kappa shape index (κ3) is 5.13. The van der Waals surface area contributed by atoms with E-state index in [-0.39, 0.29) is 12.1 Å². The molecule has 0 bridgehead atoms. The Hall–Kier alpha value is -1.64. The second-order valence-corrected chi connectivity index (χ2v) is 4.40. The molecule has 0 radical (unpaired) electrons. The van der Waals surface area contributed by atoms with Gasteiger partial charge in [0.25, 0.3) is 0 Å². The zero-order valence-corrected chi connectivity index (χ0v) is 11.1. The molecule has 0 aliphatic rings. The van der Waals surface area contributed by atoms with Crippen LogP contribution in [0.3, 0.4) is 0 Å². The lowest BCUT2D eigenvalue weighted by atomic mass is 10.1. The quantitative estimate of drug-likeness (QED) is 0.848. The van der Waals surface area contributed by atoms with Gasteiger partial charge in [-0.25, -0.2) is 0 Å². The highest BCUT2D eigenvalue weighted by Gasteiger charge is 1.94. The van der Waals surface area contributed by atoms with Gasteiger partial charge in [0.2, 0.25) is 0 Å². The fraction of sp³-hybridized carbons (Fsp3) is 0.250. The van der Waals surface area contributed by atoms with Crippen LogP contribution in [-0.4, -0.2) is 0 Å². The largest absolute Gasteiger partial charge is 0.324 e. The first-order valence-corrected chi connectivity index (χ1v) is 6.22. The molecule has 2 aromatic carbocycles. The first kappa shape index (κ1) is 14.4. The topological polar surface area (TPSA) is 52.0 Å². The van der Waals surface area contributed by atoms with E-state index in [1.54, 1.807) is 0 Å². The van der Waals surface area contributed by atoms with Crippen LogP contribution in [0.15, 0.2) is 60.7 Å². The second-order valence-electron chi connectivity index (χ2n) is 4.40. The summed E-state index contributed by atoms with van der Waals surface area (Å²) < 4.78 is 0. The van der Waals surface area contributed by atoms with Crippen LogP contribution in [0.1, 0.15) is 37.1 Å². The molecule has 2 nitrogen and oxygen atoms in total. The fourth-order valence-electron chi connectivity index (χ4n) is 1.51. The van der Waals surface area contributed by atoms with Gasteiger partial charge in [-0.2, -0.15) is 0 Å². The molecule has 2 unspecified atom stereocenters.